The molecule has 4 aromatic rings. The highest BCUT2D eigenvalue weighted by Crippen LogP contribution is 2.40. The Balaban J connectivity index is 1.40. The quantitative estimate of drug-likeness (QED) is 0.228. The van der Waals surface area contributed by atoms with Gasteiger partial charge in [-0.3, -0.25) is 4.90 Å². The second kappa shape index (κ2) is 11.4. The Morgan fingerprint density at radius 2 is 1.82 bits per heavy atom. The van der Waals surface area contributed by atoms with Gasteiger partial charge < -0.3 is 19.4 Å². The summed E-state index contributed by atoms with van der Waals surface area (Å²) in [5.74, 6) is 0.609. The summed E-state index contributed by atoms with van der Waals surface area (Å²) in [5, 5.41) is 0. The van der Waals surface area contributed by atoms with Gasteiger partial charge in [0.2, 0.25) is 11.8 Å². The van der Waals surface area contributed by atoms with Crippen molar-refractivity contribution in [2.24, 2.45) is 0 Å². The van der Waals surface area contributed by atoms with Crippen molar-refractivity contribution >= 4 is 12.0 Å². The fourth-order valence-electron chi connectivity index (χ4n) is 6.00. The number of anilines is 1. The second-order valence-corrected chi connectivity index (χ2v) is 11.6. The Hall–Kier alpha value is -4.68. The maximum Gasteiger partial charge on any atom is 0.416 e. The molecular formula is C32H32F4N6O3. The minimum Gasteiger partial charge on any atom is -0.481 e. The van der Waals surface area contributed by atoms with E-state index in [2.05, 4.69) is 15.0 Å². The highest BCUT2D eigenvalue weighted by molar-refractivity contribution is 5.79. The first kappa shape index (κ1) is 30.4. The molecule has 0 aliphatic carbocycles. The number of aromatic amines is 1. The van der Waals surface area contributed by atoms with Gasteiger partial charge in [0, 0.05) is 46.5 Å². The maximum absolute atomic E-state index is 13.7. The van der Waals surface area contributed by atoms with Crippen LogP contribution in [0.25, 0.3) is 22.3 Å². The number of alkyl halides is 4. The van der Waals surface area contributed by atoms with Crippen molar-refractivity contribution in [3.05, 3.63) is 76.5 Å². The summed E-state index contributed by atoms with van der Waals surface area (Å²) in [7, 11) is 1.50. The van der Waals surface area contributed by atoms with Crippen LogP contribution in [0.4, 0.5) is 28.3 Å². The Labute approximate surface area is 257 Å². The number of carbonyl (C=O) groups excluding carboxylic acids is 1. The van der Waals surface area contributed by atoms with Crippen LogP contribution in [0.1, 0.15) is 46.7 Å². The molecule has 0 saturated carbocycles. The SMILES string of the molecule is COc1ncc(-c2c(C)c[nH]c2C)cc1-c1cnc(N2CC(F)C2)nc1CN1C(=O)O[C@H](c2cc(C)cc(C(F)(F)F)c2)[C@@H]1C. The highest BCUT2D eigenvalue weighted by Gasteiger charge is 2.42. The number of halogens is 4. The number of aryl methyl sites for hydroxylation is 3. The summed E-state index contributed by atoms with van der Waals surface area (Å²) >= 11 is 0. The van der Waals surface area contributed by atoms with Gasteiger partial charge in [-0.1, -0.05) is 11.6 Å². The predicted octanol–water partition coefficient (Wildman–Crippen LogP) is 6.73. The third-order valence-electron chi connectivity index (χ3n) is 8.34. The smallest absolute Gasteiger partial charge is 0.416 e. The first-order chi connectivity index (χ1) is 21.3. The number of carbonyl (C=O) groups is 1. The van der Waals surface area contributed by atoms with E-state index >= 15 is 0 Å². The fourth-order valence-corrected chi connectivity index (χ4v) is 6.00. The van der Waals surface area contributed by atoms with E-state index in [-0.39, 0.29) is 25.2 Å². The number of hydrogen-bond acceptors (Lipinski definition) is 7. The molecule has 13 heteroatoms. The molecule has 1 amide bonds. The van der Waals surface area contributed by atoms with Crippen LogP contribution < -0.4 is 9.64 Å². The number of cyclic esters (lactones) is 1. The Bertz CT molecular complexity index is 1750. The molecular weight excluding hydrogens is 592 g/mol. The van der Waals surface area contributed by atoms with Gasteiger partial charge in [0.1, 0.15) is 12.3 Å². The average molecular weight is 625 g/mol. The summed E-state index contributed by atoms with van der Waals surface area (Å²) < 4.78 is 65.8. The van der Waals surface area contributed by atoms with Crippen LogP contribution in [0, 0.1) is 20.8 Å². The van der Waals surface area contributed by atoms with Gasteiger partial charge in [-0.15, -0.1) is 0 Å². The van der Waals surface area contributed by atoms with Crippen LogP contribution >= 0.6 is 0 Å². The monoisotopic (exact) mass is 624 g/mol. The van der Waals surface area contributed by atoms with Crippen LogP contribution in [0.5, 0.6) is 5.88 Å². The Kier molecular flexibility index (Phi) is 7.66. The molecule has 45 heavy (non-hydrogen) atoms. The third kappa shape index (κ3) is 5.67. The van der Waals surface area contributed by atoms with E-state index in [1.165, 1.54) is 12.0 Å². The fraction of sp³-hybridized carbons (Fsp3) is 0.375. The number of nitrogens with zero attached hydrogens (tertiary/aromatic N) is 5. The predicted molar refractivity (Wildman–Crippen MR) is 159 cm³/mol. The molecule has 0 radical (unpaired) electrons. The topological polar surface area (TPSA) is 96.5 Å². The molecule has 5 heterocycles. The van der Waals surface area contributed by atoms with E-state index in [0.29, 0.717) is 34.2 Å². The lowest BCUT2D eigenvalue weighted by Crippen LogP contribution is -2.49. The van der Waals surface area contributed by atoms with E-state index < -0.39 is 36.2 Å². The standard InChI is InChI=1S/C32H32F4N6O3/c1-16-6-20(8-22(7-16)32(34,35)36)28-19(4)42(31(43)45-28)15-26-25(12-39-30(40-26)41-13-23(33)14-41)24-9-21(11-38-29(24)44-5)27-17(2)10-37-18(27)3/h6-12,19,23,28,37H,13-15H2,1-5H3/t19-,28-/m0/s1. The Morgan fingerprint density at radius 3 is 2.47 bits per heavy atom. The van der Waals surface area contributed by atoms with Crippen LogP contribution in [0.3, 0.4) is 0 Å². The van der Waals surface area contributed by atoms with Crippen molar-refractivity contribution in [3.63, 3.8) is 0 Å². The molecule has 0 unspecified atom stereocenters. The maximum atomic E-state index is 13.7. The summed E-state index contributed by atoms with van der Waals surface area (Å²) in [6, 6.07) is 4.94. The molecule has 1 N–H and O–H groups in total. The largest absolute Gasteiger partial charge is 0.481 e. The summed E-state index contributed by atoms with van der Waals surface area (Å²) in [5.41, 5.74) is 5.17. The van der Waals surface area contributed by atoms with E-state index in [1.807, 2.05) is 26.1 Å². The zero-order valence-corrected chi connectivity index (χ0v) is 25.4. The number of H-pyrrole nitrogens is 1. The average Bonchev–Trinajstić information content (AvgIpc) is 3.46. The third-order valence-corrected chi connectivity index (χ3v) is 8.34. The molecule has 236 valence electrons. The molecule has 2 aliphatic rings. The molecule has 6 rings (SSSR count). The molecule has 3 aromatic heterocycles. The molecule has 2 aliphatic heterocycles. The molecule has 0 bridgehead atoms. The number of ether oxygens (including phenoxy) is 2. The molecule has 1 aromatic carbocycles. The second-order valence-electron chi connectivity index (χ2n) is 11.6. The van der Waals surface area contributed by atoms with Crippen LogP contribution in [-0.4, -0.2) is 63.3 Å². The molecule has 2 saturated heterocycles. The number of nitrogens with one attached hydrogen (secondary N) is 1. The van der Waals surface area contributed by atoms with Gasteiger partial charge in [-0.25, -0.2) is 24.1 Å². The van der Waals surface area contributed by atoms with Crippen molar-refractivity contribution in [3.8, 4) is 28.1 Å². The highest BCUT2D eigenvalue weighted by atomic mass is 19.4. The van der Waals surface area contributed by atoms with Crippen molar-refractivity contribution in [1.82, 2.24) is 24.8 Å². The minimum atomic E-state index is -4.55. The number of methoxy groups -OCH3 is 1. The molecule has 9 nitrogen and oxygen atoms in total. The van der Waals surface area contributed by atoms with E-state index in [9.17, 15) is 22.4 Å². The Morgan fingerprint density at radius 1 is 1.07 bits per heavy atom. The summed E-state index contributed by atoms with van der Waals surface area (Å²) in [4.78, 5) is 33.4. The number of aromatic nitrogens is 4. The lowest BCUT2D eigenvalue weighted by molar-refractivity contribution is -0.137. The van der Waals surface area contributed by atoms with Crippen LogP contribution in [0.15, 0.2) is 42.9 Å². The number of amides is 1. The first-order valence-corrected chi connectivity index (χ1v) is 14.4. The van der Waals surface area contributed by atoms with Gasteiger partial charge in [-0.05, 0) is 57.0 Å². The van der Waals surface area contributed by atoms with Crippen molar-refractivity contribution < 1.29 is 31.8 Å². The van der Waals surface area contributed by atoms with E-state index in [0.717, 1.165) is 34.5 Å². The minimum absolute atomic E-state index is 0.0538. The van der Waals surface area contributed by atoms with Crippen LogP contribution in [0.2, 0.25) is 0 Å². The van der Waals surface area contributed by atoms with Crippen molar-refractivity contribution in [1.29, 1.82) is 0 Å². The summed E-state index contributed by atoms with van der Waals surface area (Å²) in [6.45, 7) is 7.46. The van der Waals surface area contributed by atoms with Gasteiger partial charge in [0.05, 0.1) is 44.0 Å². The first-order valence-electron chi connectivity index (χ1n) is 14.4. The molecule has 2 fully saturated rings. The van der Waals surface area contributed by atoms with Gasteiger partial charge in [-0.2, -0.15) is 13.2 Å². The van der Waals surface area contributed by atoms with Gasteiger partial charge >= 0.3 is 12.3 Å². The molecule has 2 atom stereocenters. The lowest BCUT2D eigenvalue weighted by Gasteiger charge is -2.34. The van der Waals surface area contributed by atoms with E-state index in [1.54, 1.807) is 37.2 Å². The molecule has 0 spiro atoms. The normalized spacial score (nSPS) is 18.7. The lowest BCUT2D eigenvalue weighted by atomic mass is 9.97. The van der Waals surface area contributed by atoms with E-state index in [4.69, 9.17) is 14.5 Å². The van der Waals surface area contributed by atoms with Crippen molar-refractivity contribution in [2.45, 2.75) is 58.7 Å². The zero-order valence-electron chi connectivity index (χ0n) is 25.4. The number of pyridine rings is 1. The van der Waals surface area contributed by atoms with Crippen LogP contribution in [-0.2, 0) is 17.5 Å². The van der Waals surface area contributed by atoms with Crippen molar-refractivity contribution in [2.75, 3.05) is 25.1 Å². The number of benzene rings is 1. The zero-order chi connectivity index (χ0) is 32.2. The van der Waals surface area contributed by atoms with Gasteiger partial charge in [0.25, 0.3) is 0 Å². The number of hydrogen-bond donors (Lipinski definition) is 1. The summed E-state index contributed by atoms with van der Waals surface area (Å²) in [6.07, 6.45) is -1.95. The van der Waals surface area contributed by atoms with Gasteiger partial charge in [0.15, 0.2) is 0 Å². The number of rotatable bonds is 7.